The van der Waals surface area contributed by atoms with Gasteiger partial charge in [0.15, 0.2) is 0 Å². The Morgan fingerprint density at radius 2 is 1.40 bits per heavy atom. The molecule has 0 fully saturated rings. The van der Waals surface area contributed by atoms with E-state index in [4.69, 9.17) is 14.4 Å². The van der Waals surface area contributed by atoms with E-state index < -0.39 is 8.07 Å². The van der Waals surface area contributed by atoms with E-state index in [1.54, 1.807) is 0 Å². The van der Waals surface area contributed by atoms with Crippen LogP contribution in [0.4, 0.5) is 0 Å². The van der Waals surface area contributed by atoms with Crippen LogP contribution < -0.4 is 5.19 Å². The van der Waals surface area contributed by atoms with Gasteiger partial charge in [-0.2, -0.15) is 0 Å². The summed E-state index contributed by atoms with van der Waals surface area (Å²) in [6.45, 7) is 25.1. The first-order valence-corrected chi connectivity index (χ1v) is 27.0. The van der Waals surface area contributed by atoms with Gasteiger partial charge in [0.2, 0.25) is 5.71 Å². The Morgan fingerprint density at radius 1 is 0.672 bits per heavy atom. The van der Waals surface area contributed by atoms with Gasteiger partial charge in [-0.15, -0.1) is 54.1 Å². The molecule has 4 heterocycles. The van der Waals surface area contributed by atoms with Crippen LogP contribution in [-0.2, 0) is 26.5 Å². The monoisotopic (exact) mass is 1070 g/mol. The number of aromatic nitrogens is 4. The summed E-state index contributed by atoms with van der Waals surface area (Å²) in [5.74, 6) is 2.07. The molecular formula is C60H60IrN4OSi-2. The molecule has 0 saturated carbocycles. The van der Waals surface area contributed by atoms with Crippen LogP contribution in [0.15, 0.2) is 138 Å². The summed E-state index contributed by atoms with van der Waals surface area (Å²) in [6.07, 6.45) is 3.24. The number of nitrogens with zero attached hydrogens (tertiary/aromatic N) is 4. The second-order valence-corrected chi connectivity index (χ2v) is 24.9. The van der Waals surface area contributed by atoms with Crippen molar-refractivity contribution in [3.05, 3.63) is 174 Å². The molecule has 0 N–H and O–H groups in total. The zero-order chi connectivity index (χ0) is 46.4. The molecule has 6 aromatic carbocycles. The van der Waals surface area contributed by atoms with E-state index >= 15 is 0 Å². The van der Waals surface area contributed by atoms with Gasteiger partial charge >= 0.3 is 0 Å². The molecule has 10 aromatic rings. The summed E-state index contributed by atoms with van der Waals surface area (Å²) < 4.78 is 9.06. The molecule has 0 amide bonds. The third kappa shape index (κ3) is 9.22. The first-order chi connectivity index (χ1) is 31.7. The van der Waals surface area contributed by atoms with Gasteiger partial charge in [-0.3, -0.25) is 4.98 Å². The van der Waals surface area contributed by atoms with Crippen LogP contribution in [-0.4, -0.2) is 27.6 Å². The zero-order valence-corrected chi connectivity index (χ0v) is 44.1. The summed E-state index contributed by atoms with van der Waals surface area (Å²) in [5.41, 5.74) is 16.1. The third-order valence-electron chi connectivity index (χ3n) is 12.7. The fraction of sp³-hybridized carbons (Fsp3) is 0.250. The van der Waals surface area contributed by atoms with Gasteiger partial charge < -0.3 is 14.0 Å². The van der Waals surface area contributed by atoms with Crippen molar-refractivity contribution in [1.29, 1.82) is 0 Å². The van der Waals surface area contributed by atoms with E-state index in [0.29, 0.717) is 17.5 Å². The van der Waals surface area contributed by atoms with E-state index in [1.165, 1.54) is 49.5 Å². The predicted octanol–water partition coefficient (Wildman–Crippen LogP) is 15.8. The van der Waals surface area contributed by atoms with Gasteiger partial charge in [-0.1, -0.05) is 138 Å². The second-order valence-electron chi connectivity index (χ2n) is 19.9. The molecule has 1 radical (unpaired) electrons. The first kappa shape index (κ1) is 47.5. The standard InChI is InChI=1S/C42H36N3O.C18H24NSi.Ir/c1-24(2)33-23-28-15-7-8-16-29(28)37(25(3)4)39(33)45-36-20-10-9-19-34(36)43-41(45)32-18-12-17-30-31-21-22-35(44-42(31)46-40(30)32)38-26(5)13-11-14-27(38)6;1-14(2)11-16-12-17(15-9-7-6-8-10-15)19-13-18(16)20(3,4)5;/h7-17,19-25H,1-6H3;6-9,12-14H,11H2,1-5H3;/q2*-1;. The minimum atomic E-state index is -1.34. The maximum absolute atomic E-state index is 6.70. The van der Waals surface area contributed by atoms with Crippen LogP contribution in [0.2, 0.25) is 19.6 Å². The zero-order valence-electron chi connectivity index (χ0n) is 40.7. The van der Waals surface area contributed by atoms with E-state index in [-0.39, 0.29) is 26.0 Å². The smallest absolute Gasteiger partial charge is 0.216 e. The Morgan fingerprint density at radius 3 is 2.10 bits per heavy atom. The van der Waals surface area contributed by atoms with Crippen molar-refractivity contribution in [3.8, 4) is 39.6 Å². The van der Waals surface area contributed by atoms with Crippen LogP contribution in [0.1, 0.15) is 81.2 Å². The number of imidazole rings is 1. The number of rotatable bonds is 9. The van der Waals surface area contributed by atoms with Gasteiger partial charge in [0, 0.05) is 42.9 Å². The van der Waals surface area contributed by atoms with Crippen molar-refractivity contribution < 1.29 is 24.5 Å². The molecular weight excluding hydrogens is 1010 g/mol. The van der Waals surface area contributed by atoms with Crippen LogP contribution >= 0.6 is 0 Å². The Kier molecular flexibility index (Phi) is 13.7. The SMILES string of the molecule is CC(C)Cc1cc(-c2[c-]cccc2)ncc1[Si](C)(C)C.Cc1cccc(C)c1-c1ccc2c(n1)oc1c(-c3nc4ccccc4n3-c3c(C(C)C)cc4ccccc4c3C(C)C)[c-]ccc12.[Ir]. The van der Waals surface area contributed by atoms with Crippen LogP contribution in [0.3, 0.4) is 0 Å². The molecule has 341 valence electrons. The van der Waals surface area contributed by atoms with Crippen molar-refractivity contribution in [2.75, 3.05) is 0 Å². The molecule has 0 atom stereocenters. The first-order valence-electron chi connectivity index (χ1n) is 23.5. The van der Waals surface area contributed by atoms with E-state index in [9.17, 15) is 0 Å². The van der Waals surface area contributed by atoms with Crippen molar-refractivity contribution in [2.45, 2.75) is 93.3 Å². The third-order valence-corrected chi connectivity index (χ3v) is 14.8. The largest absolute Gasteiger partial charge is 0.486 e. The summed E-state index contributed by atoms with van der Waals surface area (Å²) in [7, 11) is -1.34. The average Bonchev–Trinajstić information content (AvgIpc) is 3.86. The van der Waals surface area contributed by atoms with Crippen LogP contribution in [0.5, 0.6) is 0 Å². The van der Waals surface area contributed by atoms with Gasteiger partial charge in [0.1, 0.15) is 0 Å². The van der Waals surface area contributed by atoms with Crippen molar-refractivity contribution in [3.63, 3.8) is 0 Å². The van der Waals surface area contributed by atoms with Crippen LogP contribution in [0, 0.1) is 31.9 Å². The van der Waals surface area contributed by atoms with Crippen molar-refractivity contribution in [2.24, 2.45) is 5.92 Å². The molecule has 0 spiro atoms. The summed E-state index contributed by atoms with van der Waals surface area (Å²) >= 11 is 0. The Bertz CT molecular complexity index is 3370. The van der Waals surface area contributed by atoms with E-state index in [1.807, 2.05) is 24.3 Å². The molecule has 0 saturated heterocycles. The van der Waals surface area contributed by atoms with Gasteiger partial charge in [-0.05, 0) is 112 Å². The Hall–Kier alpha value is -5.98. The number of fused-ring (bicyclic) bond motifs is 5. The summed E-state index contributed by atoms with van der Waals surface area (Å²) in [4.78, 5) is 15.1. The normalized spacial score (nSPS) is 11.9. The van der Waals surface area contributed by atoms with Crippen molar-refractivity contribution in [1.82, 2.24) is 19.5 Å². The Labute approximate surface area is 411 Å². The molecule has 10 rings (SSSR count). The molecule has 0 aliphatic carbocycles. The summed E-state index contributed by atoms with van der Waals surface area (Å²) in [6, 6.07) is 51.4. The second kappa shape index (κ2) is 19.3. The number of benzene rings is 6. The average molecular weight is 1070 g/mol. The number of pyridine rings is 2. The molecule has 0 unspecified atom stereocenters. The number of hydrogen-bond donors (Lipinski definition) is 0. The predicted molar refractivity (Wildman–Crippen MR) is 281 cm³/mol. The summed E-state index contributed by atoms with van der Waals surface area (Å²) in [5, 5.41) is 6.02. The molecule has 0 aliphatic heterocycles. The number of hydrogen-bond acceptors (Lipinski definition) is 4. The molecule has 4 aromatic heterocycles. The maximum Gasteiger partial charge on any atom is 0.216 e. The number of aryl methyl sites for hydroxylation is 2. The maximum atomic E-state index is 6.70. The van der Waals surface area contributed by atoms with E-state index in [0.717, 1.165) is 67.7 Å². The van der Waals surface area contributed by atoms with Gasteiger partial charge in [0.25, 0.3) is 0 Å². The van der Waals surface area contributed by atoms with Crippen LogP contribution in [0.25, 0.3) is 83.5 Å². The van der Waals surface area contributed by atoms with Gasteiger partial charge in [0.05, 0.1) is 36.2 Å². The number of furan rings is 1. The Balaban J connectivity index is 0.000000244. The molecule has 0 bridgehead atoms. The van der Waals surface area contributed by atoms with E-state index in [2.05, 4.69) is 206 Å². The molecule has 67 heavy (non-hydrogen) atoms. The minimum absolute atomic E-state index is 0. The molecule has 0 aliphatic rings. The molecule has 7 heteroatoms. The fourth-order valence-electron chi connectivity index (χ4n) is 9.71. The molecule has 5 nitrogen and oxygen atoms in total. The minimum Gasteiger partial charge on any atom is -0.486 e. The number of para-hydroxylation sites is 2. The van der Waals surface area contributed by atoms with Gasteiger partial charge in [-0.25, -0.2) is 4.98 Å². The topological polar surface area (TPSA) is 56.7 Å². The fourth-order valence-corrected chi connectivity index (χ4v) is 11.3. The quantitative estimate of drug-likeness (QED) is 0.107. The van der Waals surface area contributed by atoms with Crippen molar-refractivity contribution >= 4 is 57.1 Å².